The average molecular weight is 892 g/mol. The maximum atomic E-state index is 13.9. The van der Waals surface area contributed by atoms with Crippen LogP contribution < -0.4 is 0 Å². The molecule has 0 fully saturated rings. The lowest BCUT2D eigenvalue weighted by molar-refractivity contribution is -0.150. The molecule has 0 spiro atoms. The summed E-state index contributed by atoms with van der Waals surface area (Å²) in [6.45, 7) is 6.08. The first-order valence-corrected chi connectivity index (χ1v) is 28.2. The molecular weight excluding hydrogens is 781 g/mol. The van der Waals surface area contributed by atoms with Crippen molar-refractivity contribution in [3.05, 3.63) is 12.2 Å². The zero-order chi connectivity index (χ0) is 46.1. The van der Waals surface area contributed by atoms with Crippen molar-refractivity contribution >= 4 is 11.6 Å². The molecule has 0 aromatic carbocycles. The van der Waals surface area contributed by atoms with E-state index in [1.54, 1.807) is 0 Å². The molecule has 0 aromatic rings. The van der Waals surface area contributed by atoms with Gasteiger partial charge in [-0.25, -0.2) is 0 Å². The molecule has 0 bridgehead atoms. The number of Topliss-reactive ketones (excluding diaryl/α,β-unsaturated/α-hetero) is 2. The summed E-state index contributed by atoms with van der Waals surface area (Å²) in [5.74, 6) is -0.823. The fraction of sp³-hybridized carbons (Fsp3) is 0.930. The van der Waals surface area contributed by atoms with Crippen LogP contribution in [0.3, 0.4) is 0 Å². The van der Waals surface area contributed by atoms with E-state index in [-0.39, 0.29) is 18.2 Å². The lowest BCUT2D eigenvalue weighted by Crippen LogP contribution is -2.45. The van der Waals surface area contributed by atoms with E-state index in [0.717, 1.165) is 70.6 Å². The van der Waals surface area contributed by atoms with Gasteiger partial charge >= 0.3 is 0 Å². The van der Waals surface area contributed by atoms with E-state index in [9.17, 15) is 24.9 Å². The highest BCUT2D eigenvalue weighted by Gasteiger charge is 2.36. The van der Waals surface area contributed by atoms with Crippen molar-refractivity contribution in [3.63, 3.8) is 0 Å². The number of hydrogen-bond donors (Lipinski definition) is 3. The molecule has 374 valence electrons. The molecule has 0 aliphatic carbocycles. The summed E-state index contributed by atoms with van der Waals surface area (Å²) < 4.78 is 5.90. The lowest BCUT2D eigenvalue weighted by atomic mass is 9.84. The standard InChI is InChI=1S/C57H110O6/c1-4-7-10-13-16-19-22-25-27-30-33-36-39-42-45-48-54(60)53(47-44-41-38-35-32-29-24-21-18-15-12-9-6-3)56(62)57(63-51-52(59)50-58)55(61)49-46-43-40-37-34-31-28-26-23-20-17-14-11-8-5-2/h29,32,52-53,56-59,62H,4-28,30-31,33-51H2,1-3H3. The van der Waals surface area contributed by atoms with Crippen molar-refractivity contribution in [2.24, 2.45) is 5.92 Å². The Labute approximate surface area is 392 Å². The Morgan fingerprint density at radius 3 is 1.06 bits per heavy atom. The van der Waals surface area contributed by atoms with Gasteiger partial charge in [0, 0.05) is 18.8 Å². The minimum absolute atomic E-state index is 0.0344. The van der Waals surface area contributed by atoms with Crippen LogP contribution in [0, 0.1) is 5.92 Å². The first-order valence-electron chi connectivity index (χ1n) is 28.2. The molecule has 0 amide bonds. The van der Waals surface area contributed by atoms with Gasteiger partial charge in [0.15, 0.2) is 5.78 Å². The normalized spacial score (nSPS) is 13.8. The summed E-state index contributed by atoms with van der Waals surface area (Å²) in [6, 6.07) is 0. The number of ketones is 2. The highest BCUT2D eigenvalue weighted by Crippen LogP contribution is 2.25. The zero-order valence-electron chi connectivity index (χ0n) is 42.6. The molecular formula is C57H110O6. The molecule has 0 rings (SSSR count). The molecule has 0 saturated carbocycles. The molecule has 0 heterocycles. The molecule has 4 unspecified atom stereocenters. The number of aliphatic hydroxyl groups is 3. The largest absolute Gasteiger partial charge is 0.394 e. The van der Waals surface area contributed by atoms with Crippen LogP contribution in [-0.4, -0.2) is 58.4 Å². The van der Waals surface area contributed by atoms with Gasteiger partial charge in [-0.05, 0) is 44.9 Å². The molecule has 0 aliphatic rings. The summed E-state index contributed by atoms with van der Waals surface area (Å²) >= 11 is 0. The molecule has 0 aromatic heterocycles. The quantitative estimate of drug-likeness (QED) is 0.0415. The molecule has 0 radical (unpaired) electrons. The van der Waals surface area contributed by atoms with Crippen molar-refractivity contribution in [1.29, 1.82) is 0 Å². The second-order valence-corrected chi connectivity index (χ2v) is 19.7. The van der Waals surface area contributed by atoms with Gasteiger partial charge in [0.2, 0.25) is 0 Å². The summed E-state index contributed by atoms with van der Waals surface area (Å²) in [7, 11) is 0. The number of carbonyl (C=O) groups is 2. The van der Waals surface area contributed by atoms with Crippen LogP contribution in [0.25, 0.3) is 0 Å². The van der Waals surface area contributed by atoms with Gasteiger partial charge in [0.1, 0.15) is 18.0 Å². The van der Waals surface area contributed by atoms with E-state index < -0.39 is 30.8 Å². The molecule has 4 atom stereocenters. The number of ether oxygens (including phenoxy) is 1. The van der Waals surface area contributed by atoms with E-state index in [2.05, 4.69) is 32.9 Å². The van der Waals surface area contributed by atoms with Gasteiger partial charge in [-0.1, -0.05) is 258 Å². The lowest BCUT2D eigenvalue weighted by Gasteiger charge is -2.29. The summed E-state index contributed by atoms with van der Waals surface area (Å²) in [6.07, 6.45) is 53.0. The van der Waals surface area contributed by atoms with Crippen molar-refractivity contribution in [3.8, 4) is 0 Å². The minimum atomic E-state index is -1.25. The topological polar surface area (TPSA) is 104 Å². The summed E-state index contributed by atoms with van der Waals surface area (Å²) in [4.78, 5) is 27.6. The molecule has 63 heavy (non-hydrogen) atoms. The van der Waals surface area contributed by atoms with E-state index >= 15 is 0 Å². The molecule has 0 saturated heterocycles. The van der Waals surface area contributed by atoms with Crippen molar-refractivity contribution in [2.45, 2.75) is 322 Å². The van der Waals surface area contributed by atoms with Crippen molar-refractivity contribution in [1.82, 2.24) is 0 Å². The van der Waals surface area contributed by atoms with Crippen LogP contribution >= 0.6 is 0 Å². The number of aliphatic hydroxyl groups excluding tert-OH is 3. The Bertz CT molecular complexity index is 966. The number of carbonyl (C=O) groups excluding carboxylic acids is 2. The molecule has 3 N–H and O–H groups in total. The maximum absolute atomic E-state index is 13.9. The van der Waals surface area contributed by atoms with Crippen LogP contribution in [0.5, 0.6) is 0 Å². The molecule has 6 heteroatoms. The Hall–Kier alpha value is -1.08. The van der Waals surface area contributed by atoms with Gasteiger partial charge in [0.25, 0.3) is 0 Å². The number of rotatable bonds is 53. The van der Waals surface area contributed by atoms with Crippen molar-refractivity contribution < 1.29 is 29.6 Å². The number of unbranched alkanes of at least 4 members (excludes halogenated alkanes) is 37. The van der Waals surface area contributed by atoms with Gasteiger partial charge in [0.05, 0.1) is 19.3 Å². The first kappa shape index (κ1) is 61.9. The number of hydrogen-bond acceptors (Lipinski definition) is 6. The first-order chi connectivity index (χ1) is 30.9. The molecule has 6 nitrogen and oxygen atoms in total. The Morgan fingerprint density at radius 1 is 0.413 bits per heavy atom. The third-order valence-electron chi connectivity index (χ3n) is 13.5. The minimum Gasteiger partial charge on any atom is -0.394 e. The predicted molar refractivity (Wildman–Crippen MR) is 272 cm³/mol. The monoisotopic (exact) mass is 891 g/mol. The second-order valence-electron chi connectivity index (χ2n) is 19.7. The number of allylic oxidation sites excluding steroid dienone is 2. The van der Waals surface area contributed by atoms with Crippen LogP contribution in [0.2, 0.25) is 0 Å². The van der Waals surface area contributed by atoms with Crippen LogP contribution in [0.4, 0.5) is 0 Å². The van der Waals surface area contributed by atoms with E-state index in [1.807, 2.05) is 0 Å². The third kappa shape index (κ3) is 42.0. The summed E-state index contributed by atoms with van der Waals surface area (Å²) in [5.41, 5.74) is 0. The Kier molecular flexibility index (Phi) is 49.5. The summed E-state index contributed by atoms with van der Waals surface area (Å²) in [5, 5.41) is 31.4. The fourth-order valence-corrected chi connectivity index (χ4v) is 9.13. The van der Waals surface area contributed by atoms with Gasteiger partial charge in [-0.2, -0.15) is 0 Å². The van der Waals surface area contributed by atoms with Crippen LogP contribution in [-0.2, 0) is 14.3 Å². The zero-order valence-corrected chi connectivity index (χ0v) is 42.6. The highest BCUT2D eigenvalue weighted by molar-refractivity contribution is 5.86. The predicted octanol–water partition coefficient (Wildman–Crippen LogP) is 16.6. The van der Waals surface area contributed by atoms with E-state index in [0.29, 0.717) is 19.3 Å². The highest BCUT2D eigenvalue weighted by atomic mass is 16.5. The second kappa shape index (κ2) is 50.3. The van der Waals surface area contributed by atoms with Crippen molar-refractivity contribution in [2.75, 3.05) is 13.2 Å². The van der Waals surface area contributed by atoms with E-state index in [4.69, 9.17) is 4.74 Å². The van der Waals surface area contributed by atoms with Gasteiger partial charge in [-0.3, -0.25) is 9.59 Å². The average Bonchev–Trinajstić information content (AvgIpc) is 3.28. The fourth-order valence-electron chi connectivity index (χ4n) is 9.13. The van der Waals surface area contributed by atoms with Crippen LogP contribution in [0.1, 0.15) is 303 Å². The van der Waals surface area contributed by atoms with Gasteiger partial charge in [-0.15, -0.1) is 0 Å². The third-order valence-corrected chi connectivity index (χ3v) is 13.5. The maximum Gasteiger partial charge on any atom is 0.164 e. The van der Waals surface area contributed by atoms with Gasteiger partial charge < -0.3 is 20.1 Å². The van der Waals surface area contributed by atoms with E-state index in [1.165, 1.54) is 193 Å². The Balaban J connectivity index is 4.97. The van der Waals surface area contributed by atoms with Crippen LogP contribution in [0.15, 0.2) is 12.2 Å². The SMILES string of the molecule is CCCCCCCCC=CCCCCCC(C(=O)CCCCCCCCCCCCCCCCC)C(O)C(OCC(O)CO)C(=O)CCCCCCCCCCCCCCCCC. The Morgan fingerprint density at radius 2 is 0.714 bits per heavy atom. The molecule has 0 aliphatic heterocycles. The smallest absolute Gasteiger partial charge is 0.164 e.